The third-order valence-corrected chi connectivity index (χ3v) is 7.34. The number of hydrogen-bond donors (Lipinski definition) is 12. The number of ether oxygens (including phenoxy) is 5. The lowest BCUT2D eigenvalue weighted by atomic mass is 9.95. The monoisotopic (exact) mass is 602 g/mol. The van der Waals surface area contributed by atoms with Gasteiger partial charge in [-0.2, -0.15) is 0 Å². The van der Waals surface area contributed by atoms with Crippen molar-refractivity contribution in [3.63, 3.8) is 0 Å². The lowest BCUT2D eigenvalue weighted by Gasteiger charge is -2.48. The zero-order chi connectivity index (χ0) is 30.6. The normalized spacial score (nSPS) is 46.2. The molecule has 240 valence electrons. The van der Waals surface area contributed by atoms with E-state index >= 15 is 0 Å². The van der Waals surface area contributed by atoms with Crippen molar-refractivity contribution in [3.05, 3.63) is 0 Å². The Hall–Kier alpha value is -1.17. The van der Waals surface area contributed by atoms with Gasteiger partial charge in [-0.25, -0.2) is 0 Å². The summed E-state index contributed by atoms with van der Waals surface area (Å²) in [5, 5.41) is 104. The van der Waals surface area contributed by atoms with Gasteiger partial charge >= 0.3 is 0 Å². The minimum atomic E-state index is -1.94. The average molecular weight is 603 g/mol. The molecule has 3 heterocycles. The molecule has 0 aliphatic carbocycles. The van der Waals surface area contributed by atoms with E-state index in [4.69, 9.17) is 29.4 Å². The zero-order valence-electron chi connectivity index (χ0n) is 22.3. The quantitative estimate of drug-likeness (QED) is 0.104. The zero-order valence-corrected chi connectivity index (χ0v) is 22.3. The molecule has 3 fully saturated rings. The van der Waals surface area contributed by atoms with Gasteiger partial charge in [-0.1, -0.05) is 13.3 Å². The Bertz CT molecular complexity index is 823. The highest BCUT2D eigenvalue weighted by Gasteiger charge is 2.53. The highest BCUT2D eigenvalue weighted by molar-refractivity contribution is 5.81. The number of nitrogens with two attached hydrogens (primary N) is 1. The van der Waals surface area contributed by atoms with Gasteiger partial charge in [0.1, 0.15) is 73.2 Å². The second kappa shape index (κ2) is 15.0. The van der Waals surface area contributed by atoms with Crippen molar-refractivity contribution in [2.45, 2.75) is 118 Å². The first-order valence-electron chi connectivity index (χ1n) is 13.3. The molecule has 0 spiro atoms. The Labute approximate surface area is 234 Å². The van der Waals surface area contributed by atoms with E-state index in [1.165, 1.54) is 0 Å². The van der Waals surface area contributed by atoms with Crippen LogP contribution in [0.5, 0.6) is 0 Å². The van der Waals surface area contributed by atoms with Crippen molar-refractivity contribution in [1.29, 1.82) is 0 Å². The Morgan fingerprint density at radius 1 is 0.707 bits per heavy atom. The fourth-order valence-electron chi connectivity index (χ4n) is 4.89. The van der Waals surface area contributed by atoms with Gasteiger partial charge in [0.05, 0.1) is 25.9 Å². The van der Waals surface area contributed by atoms with Crippen LogP contribution in [0.15, 0.2) is 0 Å². The van der Waals surface area contributed by atoms with Crippen molar-refractivity contribution in [2.75, 3.05) is 19.8 Å². The summed E-state index contributed by atoms with van der Waals surface area (Å²) in [7, 11) is 0. The molecule has 18 nitrogen and oxygen atoms in total. The van der Waals surface area contributed by atoms with Gasteiger partial charge in [-0.15, -0.1) is 0 Å². The molecular formula is C23H42N2O16. The molecule has 3 saturated heterocycles. The lowest BCUT2D eigenvalue weighted by molar-refractivity contribution is -0.373. The first-order valence-corrected chi connectivity index (χ1v) is 13.3. The average Bonchev–Trinajstić information content (AvgIpc) is 2.96. The van der Waals surface area contributed by atoms with Crippen molar-refractivity contribution >= 4 is 5.91 Å². The van der Waals surface area contributed by atoms with Crippen LogP contribution in [0.3, 0.4) is 0 Å². The topological polar surface area (TPSA) is 304 Å². The number of carbonyl (C=O) groups excluding carboxylic acids is 1. The van der Waals surface area contributed by atoms with Crippen LogP contribution in [0.2, 0.25) is 0 Å². The fourth-order valence-corrected chi connectivity index (χ4v) is 4.89. The van der Waals surface area contributed by atoms with Crippen LogP contribution in [0.4, 0.5) is 0 Å². The van der Waals surface area contributed by atoms with E-state index in [1.54, 1.807) is 0 Å². The van der Waals surface area contributed by atoms with E-state index in [-0.39, 0.29) is 0 Å². The van der Waals surface area contributed by atoms with Crippen LogP contribution in [0, 0.1) is 0 Å². The molecule has 0 aromatic rings. The maximum atomic E-state index is 12.3. The first kappa shape index (κ1) is 34.3. The molecule has 0 bridgehead atoms. The van der Waals surface area contributed by atoms with Crippen LogP contribution in [-0.2, 0) is 28.5 Å². The van der Waals surface area contributed by atoms with Gasteiger partial charge in [0, 0.05) is 0 Å². The number of hydrogen-bond acceptors (Lipinski definition) is 17. The first-order chi connectivity index (χ1) is 19.4. The molecular weight excluding hydrogens is 560 g/mol. The number of amides is 1. The molecule has 0 aromatic carbocycles. The highest BCUT2D eigenvalue weighted by atomic mass is 16.7. The second-order valence-corrected chi connectivity index (χ2v) is 10.3. The van der Waals surface area contributed by atoms with E-state index < -0.39 is 124 Å². The molecule has 0 radical (unpaired) electrons. The summed E-state index contributed by atoms with van der Waals surface area (Å²) in [6.45, 7) is -0.556. The third-order valence-electron chi connectivity index (χ3n) is 7.34. The summed E-state index contributed by atoms with van der Waals surface area (Å²) in [5.74, 6) is -0.662. The molecule has 16 atom stereocenters. The number of aliphatic hydroxyl groups is 10. The summed E-state index contributed by atoms with van der Waals surface area (Å²) < 4.78 is 27.3. The summed E-state index contributed by atoms with van der Waals surface area (Å²) in [4.78, 5) is 12.3. The lowest BCUT2D eigenvalue weighted by Crippen LogP contribution is -2.68. The van der Waals surface area contributed by atoms with Gasteiger partial charge in [0.15, 0.2) is 18.8 Å². The molecule has 1 amide bonds. The molecule has 41 heavy (non-hydrogen) atoms. The molecule has 0 aromatic heterocycles. The predicted molar refractivity (Wildman–Crippen MR) is 130 cm³/mol. The molecule has 13 N–H and O–H groups in total. The van der Waals surface area contributed by atoms with E-state index in [0.717, 1.165) is 0 Å². The van der Waals surface area contributed by atoms with Crippen molar-refractivity contribution < 1.29 is 79.5 Å². The molecule has 18 heteroatoms. The number of carbonyl (C=O) groups is 1. The van der Waals surface area contributed by atoms with E-state index in [9.17, 15) is 55.9 Å². The van der Waals surface area contributed by atoms with Gasteiger partial charge in [0.25, 0.3) is 0 Å². The Balaban J connectivity index is 1.69. The SMILES string of the molecule is CCCC(N)C(=O)NC1OC(CO)C(OC2OC(CO)C(OC3OC(CO)C(O)C(O)C3O)C(O)C2O)C(O)C1O. The van der Waals surface area contributed by atoms with Crippen LogP contribution in [0.25, 0.3) is 0 Å². The third kappa shape index (κ3) is 7.50. The van der Waals surface area contributed by atoms with Crippen molar-refractivity contribution in [2.24, 2.45) is 5.73 Å². The molecule has 3 aliphatic heterocycles. The largest absolute Gasteiger partial charge is 0.394 e. The van der Waals surface area contributed by atoms with Crippen LogP contribution < -0.4 is 11.1 Å². The smallest absolute Gasteiger partial charge is 0.238 e. The summed E-state index contributed by atoms with van der Waals surface area (Å²) in [6.07, 6.45) is -24.1. The number of aliphatic hydroxyl groups excluding tert-OH is 10. The minimum absolute atomic E-state index is 0.346. The van der Waals surface area contributed by atoms with Gasteiger partial charge in [-0.3, -0.25) is 4.79 Å². The van der Waals surface area contributed by atoms with Crippen molar-refractivity contribution in [1.82, 2.24) is 5.32 Å². The molecule has 3 rings (SSSR count). The number of rotatable bonds is 11. The maximum Gasteiger partial charge on any atom is 0.238 e. The van der Waals surface area contributed by atoms with Crippen LogP contribution in [-0.4, -0.2) is 175 Å². The maximum absolute atomic E-state index is 12.3. The standard InChI is InChI=1S/C23H42N2O16/c1-2-3-7(24)20(36)25-21-15(33)13(31)18(9(5-27)37-21)40-23-17(35)14(32)19(10(6-28)39-23)41-22-16(34)12(30)11(29)8(4-26)38-22/h7-19,21-23,26-35H,2-6,24H2,1H3,(H,25,36). The highest BCUT2D eigenvalue weighted by Crippen LogP contribution is 2.32. The van der Waals surface area contributed by atoms with Gasteiger partial charge in [-0.05, 0) is 6.42 Å². The predicted octanol–water partition coefficient (Wildman–Crippen LogP) is -7.32. The molecule has 16 unspecified atom stereocenters. The molecule has 0 saturated carbocycles. The molecule has 3 aliphatic rings. The van der Waals surface area contributed by atoms with Gasteiger partial charge < -0.3 is 85.8 Å². The summed E-state index contributed by atoms with van der Waals surface area (Å²) in [6, 6.07) is -0.907. The van der Waals surface area contributed by atoms with Crippen LogP contribution >= 0.6 is 0 Å². The minimum Gasteiger partial charge on any atom is -0.394 e. The van der Waals surface area contributed by atoms with Gasteiger partial charge in [0.2, 0.25) is 5.91 Å². The Morgan fingerprint density at radius 3 is 1.68 bits per heavy atom. The van der Waals surface area contributed by atoms with Crippen LogP contribution in [0.1, 0.15) is 19.8 Å². The fraction of sp³-hybridized carbons (Fsp3) is 0.957. The van der Waals surface area contributed by atoms with E-state index in [2.05, 4.69) is 5.32 Å². The Morgan fingerprint density at radius 2 is 1.17 bits per heavy atom. The second-order valence-electron chi connectivity index (χ2n) is 10.3. The van der Waals surface area contributed by atoms with E-state index in [0.29, 0.717) is 12.8 Å². The summed E-state index contributed by atoms with van der Waals surface area (Å²) in [5.41, 5.74) is 5.76. The Kier molecular flexibility index (Phi) is 12.6. The van der Waals surface area contributed by atoms with Crippen molar-refractivity contribution in [3.8, 4) is 0 Å². The summed E-state index contributed by atoms with van der Waals surface area (Å²) >= 11 is 0. The van der Waals surface area contributed by atoms with E-state index in [1.807, 2.05) is 6.92 Å². The number of nitrogens with one attached hydrogen (secondary N) is 1.